The van der Waals surface area contributed by atoms with Crippen LogP contribution in [0.3, 0.4) is 0 Å². The molecule has 0 saturated carbocycles. The zero-order valence-electron chi connectivity index (χ0n) is 10.5. The molecule has 2 aromatic rings. The van der Waals surface area contributed by atoms with Crippen molar-refractivity contribution in [3.05, 3.63) is 65.7 Å². The van der Waals surface area contributed by atoms with Crippen molar-refractivity contribution in [2.45, 2.75) is 4.90 Å². The van der Waals surface area contributed by atoms with Crippen LogP contribution in [-0.4, -0.2) is 26.8 Å². The van der Waals surface area contributed by atoms with Crippen LogP contribution in [0.5, 0.6) is 0 Å². The first kappa shape index (κ1) is 14.1. The number of carbonyl (C=O) groups excluding carboxylic acids is 1. The zero-order valence-corrected chi connectivity index (χ0v) is 11.3. The Morgan fingerprint density at radius 1 is 0.950 bits per heavy atom. The van der Waals surface area contributed by atoms with E-state index >= 15 is 0 Å². The molecule has 0 saturated heterocycles. The minimum Gasteiger partial charge on any atom is -0.478 e. The highest BCUT2D eigenvalue weighted by Gasteiger charge is 2.17. The first-order chi connectivity index (χ1) is 9.59. The molecule has 0 radical (unpaired) electrons. The molecule has 4 nitrogen and oxygen atoms in total. The molecule has 2 rings (SSSR count). The van der Waals surface area contributed by atoms with Gasteiger partial charge in [-0.2, -0.15) is 0 Å². The van der Waals surface area contributed by atoms with Crippen LogP contribution >= 0.6 is 0 Å². The van der Waals surface area contributed by atoms with Crippen molar-refractivity contribution in [1.29, 1.82) is 0 Å². The first-order valence-corrected chi connectivity index (χ1v) is 7.20. The van der Waals surface area contributed by atoms with Crippen molar-refractivity contribution in [2.24, 2.45) is 0 Å². The molecule has 0 aliphatic rings. The summed E-state index contributed by atoms with van der Waals surface area (Å²) in [5, 5.41) is 9.05. The number of Topliss-reactive ketones (excluding diaryl/α,β-unsaturated/α-hetero) is 1. The fourth-order valence-electron chi connectivity index (χ4n) is 1.75. The number of benzene rings is 2. The van der Waals surface area contributed by atoms with Gasteiger partial charge in [-0.25, -0.2) is 4.79 Å². The fourth-order valence-corrected chi connectivity index (χ4v) is 2.94. The Morgan fingerprint density at radius 2 is 1.55 bits per heavy atom. The SMILES string of the molecule is O=C(CS(=O)c1ccccc1C(=O)O)c1ccccc1. The van der Waals surface area contributed by atoms with Gasteiger partial charge in [-0.05, 0) is 12.1 Å². The summed E-state index contributed by atoms with van der Waals surface area (Å²) in [6.07, 6.45) is 0. The van der Waals surface area contributed by atoms with Gasteiger partial charge in [-0.15, -0.1) is 0 Å². The van der Waals surface area contributed by atoms with Crippen molar-refractivity contribution in [1.82, 2.24) is 0 Å². The Bertz CT molecular complexity index is 665. The summed E-state index contributed by atoms with van der Waals surface area (Å²) in [5.41, 5.74) is 0.431. The normalized spacial score (nSPS) is 11.8. The second-order valence-electron chi connectivity index (χ2n) is 4.08. The van der Waals surface area contributed by atoms with Gasteiger partial charge in [0.15, 0.2) is 5.78 Å². The molecular formula is C15H12O4S. The molecule has 0 aliphatic carbocycles. The van der Waals surface area contributed by atoms with Crippen LogP contribution in [-0.2, 0) is 10.8 Å². The molecule has 0 aliphatic heterocycles. The van der Waals surface area contributed by atoms with Crippen LogP contribution in [0.25, 0.3) is 0 Å². The van der Waals surface area contributed by atoms with Gasteiger partial charge >= 0.3 is 5.97 Å². The smallest absolute Gasteiger partial charge is 0.336 e. The van der Waals surface area contributed by atoms with E-state index in [4.69, 9.17) is 5.11 Å². The average molecular weight is 288 g/mol. The van der Waals surface area contributed by atoms with Gasteiger partial charge in [0.05, 0.1) is 27.0 Å². The number of aromatic carboxylic acids is 1. The maximum Gasteiger partial charge on any atom is 0.336 e. The van der Waals surface area contributed by atoms with Gasteiger partial charge in [0, 0.05) is 5.56 Å². The van der Waals surface area contributed by atoms with E-state index in [0.29, 0.717) is 5.56 Å². The third kappa shape index (κ3) is 3.19. The van der Waals surface area contributed by atoms with Crippen LogP contribution in [0.4, 0.5) is 0 Å². The first-order valence-electron chi connectivity index (χ1n) is 5.88. The lowest BCUT2D eigenvalue weighted by molar-refractivity contribution is 0.0692. The van der Waals surface area contributed by atoms with E-state index in [0.717, 1.165) is 0 Å². The monoisotopic (exact) mass is 288 g/mol. The van der Waals surface area contributed by atoms with Crippen LogP contribution in [0.1, 0.15) is 20.7 Å². The number of carbonyl (C=O) groups is 2. The molecule has 2 aromatic carbocycles. The molecule has 0 amide bonds. The van der Waals surface area contributed by atoms with Crippen molar-refractivity contribution in [3.8, 4) is 0 Å². The summed E-state index contributed by atoms with van der Waals surface area (Å²) in [5.74, 6) is -1.65. The Balaban J connectivity index is 2.21. The van der Waals surface area contributed by atoms with Crippen LogP contribution in [0, 0.1) is 0 Å². The maximum absolute atomic E-state index is 12.2. The topological polar surface area (TPSA) is 71.4 Å². The molecule has 5 heteroatoms. The van der Waals surface area contributed by atoms with E-state index in [9.17, 15) is 13.8 Å². The molecule has 0 aromatic heterocycles. The lowest BCUT2D eigenvalue weighted by Gasteiger charge is -2.05. The lowest BCUT2D eigenvalue weighted by Crippen LogP contribution is -2.13. The summed E-state index contributed by atoms with van der Waals surface area (Å²) < 4.78 is 12.2. The summed E-state index contributed by atoms with van der Waals surface area (Å²) >= 11 is 0. The summed E-state index contributed by atoms with van der Waals surface area (Å²) in [7, 11) is -1.68. The van der Waals surface area contributed by atoms with Crippen LogP contribution < -0.4 is 0 Å². The van der Waals surface area contributed by atoms with Gasteiger partial charge in [0.1, 0.15) is 0 Å². The lowest BCUT2D eigenvalue weighted by atomic mass is 10.2. The highest BCUT2D eigenvalue weighted by atomic mass is 32.2. The number of carboxylic acids is 1. The van der Waals surface area contributed by atoms with Gasteiger partial charge in [0.2, 0.25) is 0 Å². The van der Waals surface area contributed by atoms with Crippen LogP contribution in [0.15, 0.2) is 59.5 Å². The quantitative estimate of drug-likeness (QED) is 0.857. The van der Waals surface area contributed by atoms with Crippen molar-refractivity contribution < 1.29 is 18.9 Å². The molecule has 0 fully saturated rings. The second-order valence-corrected chi connectivity index (χ2v) is 5.50. The van der Waals surface area contributed by atoms with Gasteiger partial charge in [0.25, 0.3) is 0 Å². The van der Waals surface area contributed by atoms with Gasteiger partial charge in [-0.3, -0.25) is 9.00 Å². The maximum atomic E-state index is 12.2. The fraction of sp³-hybridized carbons (Fsp3) is 0.0667. The van der Waals surface area contributed by atoms with E-state index in [-0.39, 0.29) is 22.0 Å². The van der Waals surface area contributed by atoms with E-state index in [1.807, 2.05) is 0 Å². The molecule has 102 valence electrons. The Morgan fingerprint density at radius 3 is 2.20 bits per heavy atom. The third-order valence-corrected chi connectivity index (χ3v) is 4.09. The number of ketones is 1. The Kier molecular flexibility index (Phi) is 4.42. The van der Waals surface area contributed by atoms with E-state index in [1.165, 1.54) is 12.1 Å². The molecule has 0 bridgehead atoms. The molecule has 0 spiro atoms. The van der Waals surface area contributed by atoms with Crippen LogP contribution in [0.2, 0.25) is 0 Å². The predicted octanol–water partition coefficient (Wildman–Crippen LogP) is 2.38. The Hall–Kier alpha value is -2.27. The molecule has 0 heterocycles. The van der Waals surface area contributed by atoms with Crippen molar-refractivity contribution in [2.75, 3.05) is 5.75 Å². The predicted molar refractivity (Wildman–Crippen MR) is 75.4 cm³/mol. The summed E-state index contributed by atoms with van der Waals surface area (Å²) in [6.45, 7) is 0. The third-order valence-electron chi connectivity index (χ3n) is 2.72. The number of rotatable bonds is 5. The molecular weight excluding hydrogens is 276 g/mol. The molecule has 1 unspecified atom stereocenters. The molecule has 20 heavy (non-hydrogen) atoms. The second kappa shape index (κ2) is 6.25. The van der Waals surface area contributed by atoms with E-state index < -0.39 is 16.8 Å². The largest absolute Gasteiger partial charge is 0.478 e. The minimum atomic E-state index is -1.68. The van der Waals surface area contributed by atoms with E-state index in [1.54, 1.807) is 42.5 Å². The standard InChI is InChI=1S/C15H12O4S/c16-13(11-6-2-1-3-7-11)10-20(19)14-9-5-4-8-12(14)15(17)18/h1-9H,10H2,(H,17,18). The highest BCUT2D eigenvalue weighted by Crippen LogP contribution is 2.15. The van der Waals surface area contributed by atoms with Gasteiger partial charge < -0.3 is 5.11 Å². The average Bonchev–Trinajstić information content (AvgIpc) is 2.48. The number of hydrogen-bond acceptors (Lipinski definition) is 3. The van der Waals surface area contributed by atoms with Crippen molar-refractivity contribution >= 4 is 22.6 Å². The minimum absolute atomic E-state index is 0.0355. The molecule has 1 atom stereocenters. The summed E-state index contributed by atoms with van der Waals surface area (Å²) in [6, 6.07) is 14.5. The van der Waals surface area contributed by atoms with Gasteiger partial charge in [-0.1, -0.05) is 42.5 Å². The molecule has 1 N–H and O–H groups in total. The number of hydrogen-bond donors (Lipinski definition) is 1. The Labute approximate surface area is 118 Å². The highest BCUT2D eigenvalue weighted by molar-refractivity contribution is 7.86. The number of carboxylic acid groups (broad SMARTS) is 1. The zero-order chi connectivity index (χ0) is 14.5. The van der Waals surface area contributed by atoms with E-state index in [2.05, 4.69) is 0 Å². The summed E-state index contributed by atoms with van der Waals surface area (Å²) in [4.78, 5) is 23.2. The van der Waals surface area contributed by atoms with Crippen molar-refractivity contribution in [3.63, 3.8) is 0 Å².